The van der Waals surface area contributed by atoms with Crippen LogP contribution in [0.1, 0.15) is 17.5 Å². The molecule has 1 saturated heterocycles. The zero-order chi connectivity index (χ0) is 24.1. The topological polar surface area (TPSA) is 78.1 Å². The van der Waals surface area contributed by atoms with E-state index >= 15 is 0 Å². The number of halogens is 3. The molecule has 1 aliphatic heterocycles. The maximum absolute atomic E-state index is 15.0. The van der Waals surface area contributed by atoms with Crippen LogP contribution in [0.5, 0.6) is 0 Å². The van der Waals surface area contributed by atoms with Crippen molar-refractivity contribution in [1.29, 1.82) is 0 Å². The van der Waals surface area contributed by atoms with Crippen molar-refractivity contribution in [2.24, 2.45) is 14.1 Å². The molecule has 4 aromatic rings. The van der Waals surface area contributed by atoms with Gasteiger partial charge in [-0.25, -0.2) is 18.7 Å². The van der Waals surface area contributed by atoms with Crippen molar-refractivity contribution in [3.8, 4) is 11.3 Å². The van der Waals surface area contributed by atoms with Gasteiger partial charge in [0.1, 0.15) is 17.7 Å². The van der Waals surface area contributed by atoms with Gasteiger partial charge >= 0.3 is 0 Å². The van der Waals surface area contributed by atoms with Crippen LogP contribution in [0, 0.1) is 18.6 Å². The highest BCUT2D eigenvalue weighted by molar-refractivity contribution is 6.30. The summed E-state index contributed by atoms with van der Waals surface area (Å²) in [7, 11) is 3.40. The quantitative estimate of drug-likeness (QED) is 0.412. The molecule has 0 spiro atoms. The van der Waals surface area contributed by atoms with E-state index in [1.54, 1.807) is 30.9 Å². The smallest absolute Gasteiger partial charge is 0.263 e. The van der Waals surface area contributed by atoms with Gasteiger partial charge in [-0.2, -0.15) is 5.10 Å². The molecule has 0 aliphatic carbocycles. The largest absolute Gasteiger partial charge is 0.370 e. The molecular weight excluding hydrogens is 466 g/mol. The van der Waals surface area contributed by atoms with Gasteiger partial charge in [0.05, 0.1) is 34.4 Å². The van der Waals surface area contributed by atoms with E-state index in [9.17, 15) is 13.6 Å². The van der Waals surface area contributed by atoms with Gasteiger partial charge in [0.25, 0.3) is 5.56 Å². The molecule has 0 radical (unpaired) electrons. The molecule has 3 aromatic heterocycles. The van der Waals surface area contributed by atoms with Crippen molar-refractivity contribution in [3.05, 3.63) is 69.0 Å². The first-order valence-corrected chi connectivity index (χ1v) is 11.0. The zero-order valence-electron chi connectivity index (χ0n) is 18.7. The molecule has 8 nitrogen and oxygen atoms in total. The number of fused-ring (bicyclic) bond motifs is 1. The molecule has 0 bridgehead atoms. The first-order chi connectivity index (χ1) is 16.2. The van der Waals surface area contributed by atoms with Gasteiger partial charge in [0.15, 0.2) is 11.6 Å². The lowest BCUT2D eigenvalue weighted by molar-refractivity contribution is 0.0395. The number of rotatable bonds is 3. The van der Waals surface area contributed by atoms with Crippen molar-refractivity contribution in [3.63, 3.8) is 0 Å². The molecule has 0 unspecified atom stereocenters. The zero-order valence-corrected chi connectivity index (χ0v) is 19.5. The third kappa shape index (κ3) is 3.72. The van der Waals surface area contributed by atoms with E-state index in [0.29, 0.717) is 36.9 Å². The summed E-state index contributed by atoms with van der Waals surface area (Å²) in [4.78, 5) is 24.3. The SMILES string of the molecule is Cc1nc2cc(N3CCO[C@@H](c4cnn(C)c4)C3)nc(-c3ccc(Cl)c(F)c3F)c2c(=O)n1C. The van der Waals surface area contributed by atoms with Crippen LogP contribution in [0.2, 0.25) is 5.02 Å². The molecular formula is C23H21ClF2N6O2. The maximum atomic E-state index is 15.0. The van der Waals surface area contributed by atoms with Gasteiger partial charge < -0.3 is 9.64 Å². The summed E-state index contributed by atoms with van der Waals surface area (Å²) in [5.74, 6) is -1.40. The fourth-order valence-corrected chi connectivity index (χ4v) is 4.26. The van der Waals surface area contributed by atoms with Crippen LogP contribution in [0.25, 0.3) is 22.2 Å². The highest BCUT2D eigenvalue weighted by Gasteiger charge is 2.27. The fraction of sp³-hybridized carbons (Fsp3) is 0.304. The molecule has 1 aromatic carbocycles. The third-order valence-electron chi connectivity index (χ3n) is 6.05. The molecule has 34 heavy (non-hydrogen) atoms. The number of hydrogen-bond donors (Lipinski definition) is 0. The standard InChI is InChI=1S/C23H21ClF2N6O2/c1-12-28-16-8-18(32-6-7-34-17(11-32)13-9-27-30(2)10-13)29-22(19(16)23(33)31(12)3)14-4-5-15(24)21(26)20(14)25/h4-5,8-10,17H,6-7,11H2,1-3H3/t17-/m1/s1. The number of aromatic nitrogens is 5. The van der Waals surface area contributed by atoms with E-state index in [-0.39, 0.29) is 27.8 Å². The van der Waals surface area contributed by atoms with Crippen molar-refractivity contribution >= 4 is 28.3 Å². The van der Waals surface area contributed by atoms with Crippen molar-refractivity contribution < 1.29 is 13.5 Å². The molecule has 176 valence electrons. The molecule has 1 aliphatic rings. The number of anilines is 1. The Labute approximate surface area is 198 Å². The number of hydrogen-bond acceptors (Lipinski definition) is 6. The summed E-state index contributed by atoms with van der Waals surface area (Å²) in [6.45, 7) is 3.12. The number of benzene rings is 1. The predicted molar refractivity (Wildman–Crippen MR) is 124 cm³/mol. The number of ether oxygens (including phenoxy) is 1. The lowest BCUT2D eigenvalue weighted by Crippen LogP contribution is -2.39. The van der Waals surface area contributed by atoms with Crippen LogP contribution in [0.15, 0.2) is 35.4 Å². The second-order valence-corrected chi connectivity index (χ2v) is 8.63. The van der Waals surface area contributed by atoms with Gasteiger partial charge in [0.2, 0.25) is 0 Å². The van der Waals surface area contributed by atoms with Crippen LogP contribution in [-0.4, -0.2) is 44.0 Å². The first kappa shape index (κ1) is 22.4. The number of pyridine rings is 1. The van der Waals surface area contributed by atoms with E-state index in [4.69, 9.17) is 16.3 Å². The molecule has 1 fully saturated rings. The van der Waals surface area contributed by atoms with Gasteiger partial charge in [-0.3, -0.25) is 14.0 Å². The Morgan fingerprint density at radius 3 is 2.71 bits per heavy atom. The second-order valence-electron chi connectivity index (χ2n) is 8.22. The molecule has 11 heteroatoms. The van der Waals surface area contributed by atoms with E-state index < -0.39 is 17.2 Å². The Morgan fingerprint density at radius 1 is 1.18 bits per heavy atom. The maximum Gasteiger partial charge on any atom is 0.263 e. The Bertz CT molecular complexity index is 1480. The highest BCUT2D eigenvalue weighted by Crippen LogP contribution is 2.34. The Balaban J connectivity index is 1.69. The number of morpholine rings is 1. The molecule has 0 saturated carbocycles. The van der Waals surface area contributed by atoms with Gasteiger partial charge in [-0.05, 0) is 19.1 Å². The number of nitrogens with zero attached hydrogens (tertiary/aromatic N) is 6. The minimum atomic E-state index is -1.19. The fourth-order valence-electron chi connectivity index (χ4n) is 4.11. The summed E-state index contributed by atoms with van der Waals surface area (Å²) >= 11 is 5.76. The lowest BCUT2D eigenvalue weighted by Gasteiger charge is -2.33. The van der Waals surface area contributed by atoms with Crippen LogP contribution < -0.4 is 10.5 Å². The van der Waals surface area contributed by atoms with E-state index in [0.717, 1.165) is 5.56 Å². The average Bonchev–Trinajstić information content (AvgIpc) is 3.27. The van der Waals surface area contributed by atoms with Crippen LogP contribution in [-0.2, 0) is 18.8 Å². The second kappa shape index (κ2) is 8.44. The van der Waals surface area contributed by atoms with E-state index in [1.807, 2.05) is 18.1 Å². The Hall–Kier alpha value is -3.37. The minimum Gasteiger partial charge on any atom is -0.370 e. The van der Waals surface area contributed by atoms with Crippen LogP contribution in [0.4, 0.5) is 14.6 Å². The molecule has 5 rings (SSSR count). The molecule has 0 amide bonds. The Morgan fingerprint density at radius 2 is 1.97 bits per heavy atom. The molecule has 4 heterocycles. The predicted octanol–water partition coefficient (Wildman–Crippen LogP) is 3.55. The normalized spacial score (nSPS) is 16.4. The van der Waals surface area contributed by atoms with Crippen LogP contribution >= 0.6 is 11.6 Å². The van der Waals surface area contributed by atoms with Crippen LogP contribution in [0.3, 0.4) is 0 Å². The summed E-state index contributed by atoms with van der Waals surface area (Å²) in [5.41, 5.74) is 0.717. The van der Waals surface area contributed by atoms with Crippen molar-refractivity contribution in [2.75, 3.05) is 24.6 Å². The summed E-state index contributed by atoms with van der Waals surface area (Å²) in [6.07, 6.45) is 3.38. The van der Waals surface area contributed by atoms with Gasteiger partial charge in [-0.1, -0.05) is 11.6 Å². The lowest BCUT2D eigenvalue weighted by atomic mass is 10.1. The summed E-state index contributed by atoms with van der Waals surface area (Å²) in [6, 6.07) is 4.27. The van der Waals surface area contributed by atoms with E-state index in [1.165, 1.54) is 16.7 Å². The van der Waals surface area contributed by atoms with Crippen molar-refractivity contribution in [1.82, 2.24) is 24.3 Å². The Kier molecular flexibility index (Phi) is 5.57. The van der Waals surface area contributed by atoms with E-state index in [2.05, 4.69) is 15.1 Å². The van der Waals surface area contributed by atoms with Gasteiger partial charge in [-0.15, -0.1) is 0 Å². The first-order valence-electron chi connectivity index (χ1n) is 10.6. The molecule has 1 atom stereocenters. The molecule has 0 N–H and O–H groups in total. The van der Waals surface area contributed by atoms with Gasteiger partial charge in [0, 0.05) is 50.6 Å². The monoisotopic (exact) mass is 486 g/mol. The minimum absolute atomic E-state index is 0.0121. The summed E-state index contributed by atoms with van der Waals surface area (Å²) < 4.78 is 38.3. The third-order valence-corrected chi connectivity index (χ3v) is 6.34. The average molecular weight is 487 g/mol. The summed E-state index contributed by atoms with van der Waals surface area (Å²) in [5, 5.41) is 3.96. The number of aryl methyl sites for hydroxylation is 2. The van der Waals surface area contributed by atoms with Crippen molar-refractivity contribution in [2.45, 2.75) is 13.0 Å². The highest BCUT2D eigenvalue weighted by atomic mass is 35.5.